The summed E-state index contributed by atoms with van der Waals surface area (Å²) in [5, 5.41) is 0.784. The van der Waals surface area contributed by atoms with E-state index in [1.807, 2.05) is 56.3 Å². The molecule has 150 valence electrons. The molecule has 0 spiro atoms. The summed E-state index contributed by atoms with van der Waals surface area (Å²) in [5.41, 5.74) is 4.96. The highest BCUT2D eigenvalue weighted by Gasteiger charge is 2.18. The van der Waals surface area contributed by atoms with Crippen molar-refractivity contribution in [3.8, 4) is 22.8 Å². The molecular weight excluding hydrogens is 442 g/mol. The van der Waals surface area contributed by atoms with E-state index in [0.29, 0.717) is 17.0 Å². The summed E-state index contributed by atoms with van der Waals surface area (Å²) in [4.78, 5) is 18.0. The lowest BCUT2D eigenvalue weighted by molar-refractivity contribution is 0.0737. The minimum Gasteiger partial charge on any atom is -0.497 e. The van der Waals surface area contributed by atoms with Crippen molar-refractivity contribution in [2.45, 2.75) is 13.8 Å². The fraction of sp³-hybridized carbons (Fsp3) is 0.120. The molecule has 30 heavy (non-hydrogen) atoms. The Morgan fingerprint density at radius 3 is 2.23 bits per heavy atom. The van der Waals surface area contributed by atoms with Crippen LogP contribution in [0.2, 0.25) is 0 Å². The second-order valence-corrected chi connectivity index (χ2v) is 8.02. The standard InChI is InChI=1S/C25H20BrNO3/c1-15-12-16(2)24-21(13-15)22(25(28)30-20-10-6-18(26)7-11-20)14-23(27-24)17-4-8-19(29-3)9-5-17/h4-14H,1-3H3. The highest BCUT2D eigenvalue weighted by molar-refractivity contribution is 9.10. The highest BCUT2D eigenvalue weighted by atomic mass is 79.9. The number of pyridine rings is 1. The van der Waals surface area contributed by atoms with Crippen LogP contribution >= 0.6 is 15.9 Å². The predicted octanol–water partition coefficient (Wildman–Crippen LogP) is 6.51. The Bertz CT molecular complexity index is 1230. The molecule has 5 heteroatoms. The summed E-state index contributed by atoms with van der Waals surface area (Å²) in [7, 11) is 1.63. The summed E-state index contributed by atoms with van der Waals surface area (Å²) in [5.74, 6) is 0.842. The smallest absolute Gasteiger partial charge is 0.344 e. The van der Waals surface area contributed by atoms with Crippen LogP contribution in [0.15, 0.2) is 71.2 Å². The van der Waals surface area contributed by atoms with Gasteiger partial charge in [0, 0.05) is 15.4 Å². The zero-order valence-electron chi connectivity index (χ0n) is 16.9. The van der Waals surface area contributed by atoms with Gasteiger partial charge in [-0.2, -0.15) is 0 Å². The van der Waals surface area contributed by atoms with Crippen LogP contribution in [-0.4, -0.2) is 18.1 Å². The van der Waals surface area contributed by atoms with E-state index in [4.69, 9.17) is 14.5 Å². The molecule has 0 radical (unpaired) electrons. The van der Waals surface area contributed by atoms with Gasteiger partial charge >= 0.3 is 5.97 Å². The Hall–Kier alpha value is -3.18. The quantitative estimate of drug-likeness (QED) is 0.256. The molecule has 1 heterocycles. The number of methoxy groups -OCH3 is 1. The number of aromatic nitrogens is 1. The van der Waals surface area contributed by atoms with Crippen LogP contribution in [0.5, 0.6) is 11.5 Å². The van der Waals surface area contributed by atoms with Gasteiger partial charge in [0.15, 0.2) is 0 Å². The maximum Gasteiger partial charge on any atom is 0.344 e. The van der Waals surface area contributed by atoms with E-state index in [-0.39, 0.29) is 0 Å². The zero-order chi connectivity index (χ0) is 21.3. The first-order valence-corrected chi connectivity index (χ1v) is 10.3. The van der Waals surface area contributed by atoms with Gasteiger partial charge in [0.1, 0.15) is 11.5 Å². The van der Waals surface area contributed by atoms with Crippen LogP contribution in [0, 0.1) is 13.8 Å². The van der Waals surface area contributed by atoms with Crippen molar-refractivity contribution in [2.24, 2.45) is 0 Å². The zero-order valence-corrected chi connectivity index (χ0v) is 18.5. The van der Waals surface area contributed by atoms with Crippen molar-refractivity contribution in [1.29, 1.82) is 0 Å². The van der Waals surface area contributed by atoms with Crippen molar-refractivity contribution < 1.29 is 14.3 Å². The topological polar surface area (TPSA) is 48.4 Å². The Labute approximate surface area is 183 Å². The first-order chi connectivity index (χ1) is 14.4. The molecule has 0 N–H and O–H groups in total. The van der Waals surface area contributed by atoms with Crippen LogP contribution < -0.4 is 9.47 Å². The van der Waals surface area contributed by atoms with E-state index in [1.54, 1.807) is 25.3 Å². The fourth-order valence-corrected chi connectivity index (χ4v) is 3.69. The fourth-order valence-electron chi connectivity index (χ4n) is 3.42. The summed E-state index contributed by atoms with van der Waals surface area (Å²) < 4.78 is 11.8. The maximum absolute atomic E-state index is 13.1. The molecule has 0 unspecified atom stereocenters. The Morgan fingerprint density at radius 1 is 0.900 bits per heavy atom. The monoisotopic (exact) mass is 461 g/mol. The first kappa shape index (κ1) is 20.1. The summed E-state index contributed by atoms with van der Waals surface area (Å²) in [6, 6.07) is 20.6. The number of aryl methyl sites for hydroxylation is 2. The molecule has 0 aliphatic carbocycles. The SMILES string of the molecule is COc1ccc(-c2cc(C(=O)Oc3ccc(Br)cc3)c3cc(C)cc(C)c3n2)cc1. The van der Waals surface area contributed by atoms with Crippen LogP contribution in [0.1, 0.15) is 21.5 Å². The Balaban J connectivity index is 1.85. The van der Waals surface area contributed by atoms with Gasteiger partial charge in [0.05, 0.1) is 23.9 Å². The second-order valence-electron chi connectivity index (χ2n) is 7.10. The third-order valence-corrected chi connectivity index (χ3v) is 5.41. The van der Waals surface area contributed by atoms with Gasteiger partial charge in [-0.3, -0.25) is 0 Å². The number of fused-ring (bicyclic) bond motifs is 1. The third-order valence-electron chi connectivity index (χ3n) is 4.88. The largest absolute Gasteiger partial charge is 0.497 e. The van der Waals surface area contributed by atoms with E-state index in [2.05, 4.69) is 22.0 Å². The third kappa shape index (κ3) is 4.07. The van der Waals surface area contributed by atoms with Crippen LogP contribution in [0.25, 0.3) is 22.2 Å². The van der Waals surface area contributed by atoms with Crippen molar-refractivity contribution in [2.75, 3.05) is 7.11 Å². The van der Waals surface area contributed by atoms with Gasteiger partial charge in [0.2, 0.25) is 0 Å². The van der Waals surface area contributed by atoms with E-state index in [1.165, 1.54) is 0 Å². The number of esters is 1. The Kier molecular flexibility index (Phi) is 5.55. The van der Waals surface area contributed by atoms with Gasteiger partial charge < -0.3 is 9.47 Å². The van der Waals surface area contributed by atoms with Gasteiger partial charge in [-0.05, 0) is 80.1 Å². The summed E-state index contributed by atoms with van der Waals surface area (Å²) in [6.45, 7) is 4.01. The number of carbonyl (C=O) groups excluding carboxylic acids is 1. The van der Waals surface area contributed by atoms with Gasteiger partial charge in [-0.1, -0.05) is 27.6 Å². The highest BCUT2D eigenvalue weighted by Crippen LogP contribution is 2.30. The normalized spacial score (nSPS) is 10.8. The van der Waals surface area contributed by atoms with Crippen molar-refractivity contribution >= 4 is 32.8 Å². The molecule has 3 aromatic carbocycles. The molecule has 0 aliphatic heterocycles. The number of rotatable bonds is 4. The molecule has 0 fully saturated rings. The number of hydrogen-bond donors (Lipinski definition) is 0. The number of halogens is 1. The number of benzene rings is 3. The van der Waals surface area contributed by atoms with E-state index in [9.17, 15) is 4.79 Å². The minimum absolute atomic E-state index is 0.413. The number of ether oxygens (including phenoxy) is 2. The number of nitrogens with zero attached hydrogens (tertiary/aromatic N) is 1. The Morgan fingerprint density at radius 2 is 1.57 bits per heavy atom. The van der Waals surface area contributed by atoms with E-state index >= 15 is 0 Å². The molecule has 0 saturated carbocycles. The average molecular weight is 462 g/mol. The lowest BCUT2D eigenvalue weighted by Crippen LogP contribution is -2.10. The first-order valence-electron chi connectivity index (χ1n) is 9.49. The molecule has 0 bridgehead atoms. The van der Waals surface area contributed by atoms with Crippen LogP contribution in [0.4, 0.5) is 0 Å². The van der Waals surface area contributed by atoms with E-state index in [0.717, 1.165) is 37.8 Å². The molecule has 4 nitrogen and oxygen atoms in total. The summed E-state index contributed by atoms with van der Waals surface area (Å²) in [6.07, 6.45) is 0. The van der Waals surface area contributed by atoms with Crippen molar-refractivity contribution in [1.82, 2.24) is 4.98 Å². The number of hydrogen-bond acceptors (Lipinski definition) is 4. The molecule has 4 rings (SSSR count). The van der Waals surface area contributed by atoms with Crippen LogP contribution in [0.3, 0.4) is 0 Å². The average Bonchev–Trinajstić information content (AvgIpc) is 2.75. The molecule has 0 atom stereocenters. The predicted molar refractivity (Wildman–Crippen MR) is 122 cm³/mol. The van der Waals surface area contributed by atoms with Gasteiger partial charge in [-0.15, -0.1) is 0 Å². The lowest BCUT2D eigenvalue weighted by Gasteiger charge is -2.13. The molecular formula is C25H20BrNO3. The van der Waals surface area contributed by atoms with Crippen LogP contribution in [-0.2, 0) is 0 Å². The second kappa shape index (κ2) is 8.28. The summed E-state index contributed by atoms with van der Waals surface area (Å²) >= 11 is 3.39. The van der Waals surface area contributed by atoms with Crippen molar-refractivity contribution in [3.63, 3.8) is 0 Å². The maximum atomic E-state index is 13.1. The van der Waals surface area contributed by atoms with Crippen molar-refractivity contribution in [3.05, 3.63) is 87.9 Å². The van der Waals surface area contributed by atoms with Gasteiger partial charge in [-0.25, -0.2) is 9.78 Å². The minimum atomic E-state index is -0.413. The molecule has 0 amide bonds. The number of carbonyl (C=O) groups is 1. The lowest BCUT2D eigenvalue weighted by atomic mass is 10.00. The molecule has 4 aromatic rings. The molecule has 0 aliphatic rings. The molecule has 0 saturated heterocycles. The molecule has 1 aromatic heterocycles. The van der Waals surface area contributed by atoms with E-state index < -0.39 is 5.97 Å². The van der Waals surface area contributed by atoms with Gasteiger partial charge in [0.25, 0.3) is 0 Å².